The maximum absolute atomic E-state index is 5.29. The van der Waals surface area contributed by atoms with Gasteiger partial charge in [0, 0.05) is 24.9 Å². The monoisotopic (exact) mass is 389 g/mol. The molecule has 0 spiro atoms. The van der Waals surface area contributed by atoms with Crippen LogP contribution in [0.3, 0.4) is 0 Å². The van der Waals surface area contributed by atoms with Crippen LogP contribution < -0.4 is 5.32 Å². The lowest BCUT2D eigenvalue weighted by molar-refractivity contribution is 0.684. The minimum atomic E-state index is 0.474. The van der Waals surface area contributed by atoms with Crippen LogP contribution in [0, 0.1) is 0 Å². The average Bonchev–Trinajstić information content (AvgIpc) is 3.44. The van der Waals surface area contributed by atoms with Gasteiger partial charge in [-0.2, -0.15) is 5.21 Å². The van der Waals surface area contributed by atoms with Gasteiger partial charge in [-0.15, -0.1) is 10.2 Å². The summed E-state index contributed by atoms with van der Waals surface area (Å²) in [6, 6.07) is 4.23. The molecule has 29 heavy (non-hydrogen) atoms. The number of rotatable bonds is 4. The predicted molar refractivity (Wildman–Crippen MR) is 113 cm³/mol. The second-order valence-corrected chi connectivity index (χ2v) is 8.13. The highest BCUT2D eigenvalue weighted by Gasteiger charge is 2.30. The van der Waals surface area contributed by atoms with Crippen LogP contribution in [0.5, 0.6) is 0 Å². The van der Waals surface area contributed by atoms with Gasteiger partial charge in [-0.1, -0.05) is 19.3 Å². The normalized spacial score (nSPS) is 17.1. The Hall–Kier alpha value is -2.83. The Bertz CT molecular complexity index is 991. The molecule has 3 heterocycles. The van der Waals surface area contributed by atoms with E-state index in [2.05, 4.69) is 43.1 Å². The highest BCUT2D eigenvalue weighted by atomic mass is 15.5. The molecule has 0 amide bonds. The number of hydrogen-bond donors (Lipinski definition) is 2. The predicted octanol–water partition coefficient (Wildman–Crippen LogP) is 4.29. The van der Waals surface area contributed by atoms with Crippen molar-refractivity contribution < 1.29 is 0 Å². The van der Waals surface area contributed by atoms with E-state index in [1.54, 1.807) is 0 Å². The van der Waals surface area contributed by atoms with Crippen LogP contribution in [0.2, 0.25) is 0 Å². The maximum Gasteiger partial charge on any atom is 0.207 e. The van der Waals surface area contributed by atoms with E-state index in [1.165, 1.54) is 67.5 Å². The molecular weight excluding hydrogens is 362 g/mol. The minimum absolute atomic E-state index is 0.474. The number of fused-ring (bicyclic) bond motifs is 1. The molecule has 0 aliphatic heterocycles. The molecule has 1 fully saturated rings. The van der Waals surface area contributed by atoms with Crippen LogP contribution >= 0.6 is 0 Å². The number of pyridine rings is 2. The van der Waals surface area contributed by atoms with Crippen molar-refractivity contribution in [1.29, 1.82) is 0 Å². The van der Waals surface area contributed by atoms with E-state index >= 15 is 0 Å². The van der Waals surface area contributed by atoms with E-state index in [9.17, 15) is 0 Å². The van der Waals surface area contributed by atoms with Crippen molar-refractivity contribution >= 4 is 5.82 Å². The van der Waals surface area contributed by atoms with E-state index in [0.717, 1.165) is 29.8 Å². The van der Waals surface area contributed by atoms with Crippen LogP contribution in [-0.2, 0) is 12.8 Å². The quantitative estimate of drug-likeness (QED) is 0.647. The number of aryl methyl sites for hydroxylation is 1. The molecule has 0 radical (unpaired) electrons. The first-order chi connectivity index (χ1) is 14.3. The lowest BCUT2D eigenvalue weighted by Crippen LogP contribution is -2.10. The third-order valence-corrected chi connectivity index (χ3v) is 6.37. The van der Waals surface area contributed by atoms with Crippen LogP contribution in [0.15, 0.2) is 18.3 Å². The zero-order valence-electron chi connectivity index (χ0n) is 16.9. The topological polar surface area (TPSA) is 92.3 Å². The van der Waals surface area contributed by atoms with Crippen molar-refractivity contribution in [2.45, 2.75) is 63.7 Å². The summed E-state index contributed by atoms with van der Waals surface area (Å²) in [5.74, 6) is 1.99. The molecule has 7 heteroatoms. The standard InChI is InChI=1S/C22H27N7/c1-23-18-13-15(11-12-24-18)19-16-9-3-2-4-10-17(16)25-21(14-7-5-6-8-14)20(19)22-26-28-29-27-22/h11-14H,2-10H2,1H3,(H,23,24)(H,26,27,28,29). The van der Waals surface area contributed by atoms with Gasteiger partial charge in [-0.3, -0.25) is 4.98 Å². The fraction of sp³-hybridized carbons (Fsp3) is 0.500. The lowest BCUT2D eigenvalue weighted by atomic mass is 9.86. The summed E-state index contributed by atoms with van der Waals surface area (Å²) in [5, 5.41) is 18.5. The van der Waals surface area contributed by atoms with Crippen molar-refractivity contribution in [3.05, 3.63) is 35.3 Å². The molecule has 0 aromatic carbocycles. The molecule has 0 atom stereocenters. The molecule has 0 bridgehead atoms. The van der Waals surface area contributed by atoms with Crippen molar-refractivity contribution in [2.24, 2.45) is 0 Å². The second-order valence-electron chi connectivity index (χ2n) is 8.13. The molecule has 0 unspecified atom stereocenters. The molecule has 150 valence electrons. The second kappa shape index (κ2) is 7.89. The number of anilines is 1. The summed E-state index contributed by atoms with van der Waals surface area (Å²) in [4.78, 5) is 9.72. The van der Waals surface area contributed by atoms with Crippen molar-refractivity contribution in [1.82, 2.24) is 30.6 Å². The third kappa shape index (κ3) is 3.39. The molecule has 7 nitrogen and oxygen atoms in total. The Labute approximate surface area is 170 Å². The Balaban J connectivity index is 1.82. The number of aromatic nitrogens is 6. The summed E-state index contributed by atoms with van der Waals surface area (Å²) < 4.78 is 0. The summed E-state index contributed by atoms with van der Waals surface area (Å²) >= 11 is 0. The first-order valence-electron chi connectivity index (χ1n) is 10.8. The number of H-pyrrole nitrogens is 1. The van der Waals surface area contributed by atoms with E-state index in [4.69, 9.17) is 4.98 Å². The molecule has 3 aromatic rings. The summed E-state index contributed by atoms with van der Waals surface area (Å²) in [6.07, 6.45) is 12.5. The number of nitrogens with one attached hydrogen (secondary N) is 2. The van der Waals surface area contributed by atoms with Crippen LogP contribution in [0.4, 0.5) is 5.82 Å². The van der Waals surface area contributed by atoms with Crippen LogP contribution in [0.25, 0.3) is 22.5 Å². The van der Waals surface area contributed by atoms with Crippen LogP contribution in [-0.4, -0.2) is 37.6 Å². The molecular formula is C22H27N7. The Kier molecular flexibility index (Phi) is 4.96. The summed E-state index contributed by atoms with van der Waals surface area (Å²) in [7, 11) is 1.91. The molecule has 0 saturated heterocycles. The fourth-order valence-corrected chi connectivity index (χ4v) is 4.97. The van der Waals surface area contributed by atoms with E-state index in [0.29, 0.717) is 11.7 Å². The molecule has 2 N–H and O–H groups in total. The Morgan fingerprint density at radius 2 is 1.90 bits per heavy atom. The first-order valence-corrected chi connectivity index (χ1v) is 10.8. The smallest absolute Gasteiger partial charge is 0.207 e. The minimum Gasteiger partial charge on any atom is -0.373 e. The largest absolute Gasteiger partial charge is 0.373 e. The van der Waals surface area contributed by atoms with Crippen molar-refractivity contribution in [3.63, 3.8) is 0 Å². The fourth-order valence-electron chi connectivity index (χ4n) is 4.97. The van der Waals surface area contributed by atoms with Gasteiger partial charge < -0.3 is 5.32 Å². The van der Waals surface area contributed by atoms with Gasteiger partial charge in [0.25, 0.3) is 0 Å². The number of nitrogens with zero attached hydrogens (tertiary/aromatic N) is 5. The van der Waals surface area contributed by atoms with Gasteiger partial charge in [0.15, 0.2) is 0 Å². The SMILES string of the molecule is CNc1cc(-c2c3c(nc(C4CCCC4)c2-c2nn[nH]n2)CCCCC3)ccn1. The number of aromatic amines is 1. The molecule has 5 rings (SSSR count). The summed E-state index contributed by atoms with van der Waals surface area (Å²) in [5.41, 5.74) is 7.26. The van der Waals surface area contributed by atoms with Gasteiger partial charge >= 0.3 is 0 Å². The average molecular weight is 390 g/mol. The summed E-state index contributed by atoms with van der Waals surface area (Å²) in [6.45, 7) is 0. The molecule has 1 saturated carbocycles. The molecule has 3 aromatic heterocycles. The van der Waals surface area contributed by atoms with Crippen molar-refractivity contribution in [3.8, 4) is 22.5 Å². The van der Waals surface area contributed by atoms with Gasteiger partial charge in [-0.25, -0.2) is 4.98 Å². The Morgan fingerprint density at radius 1 is 1.03 bits per heavy atom. The number of hydrogen-bond acceptors (Lipinski definition) is 6. The number of tetrazole rings is 1. The highest BCUT2D eigenvalue weighted by molar-refractivity contribution is 5.86. The first kappa shape index (κ1) is 18.2. The van der Waals surface area contributed by atoms with E-state index in [1.807, 2.05) is 13.2 Å². The zero-order valence-corrected chi connectivity index (χ0v) is 16.9. The third-order valence-electron chi connectivity index (χ3n) is 6.37. The van der Waals surface area contributed by atoms with Gasteiger partial charge in [0.1, 0.15) is 5.82 Å². The van der Waals surface area contributed by atoms with Crippen molar-refractivity contribution in [2.75, 3.05) is 12.4 Å². The van der Waals surface area contributed by atoms with Gasteiger partial charge in [0.05, 0.1) is 11.3 Å². The van der Waals surface area contributed by atoms with Gasteiger partial charge in [0.2, 0.25) is 5.82 Å². The highest BCUT2D eigenvalue weighted by Crippen LogP contribution is 2.45. The maximum atomic E-state index is 5.29. The van der Waals surface area contributed by atoms with Crippen LogP contribution in [0.1, 0.15) is 67.8 Å². The molecule has 2 aliphatic carbocycles. The molecule has 2 aliphatic rings. The van der Waals surface area contributed by atoms with E-state index in [-0.39, 0.29) is 0 Å². The van der Waals surface area contributed by atoms with Gasteiger partial charge in [-0.05, 0) is 72.6 Å². The Morgan fingerprint density at radius 3 is 2.69 bits per heavy atom. The lowest BCUT2D eigenvalue weighted by Gasteiger charge is -2.22. The zero-order chi connectivity index (χ0) is 19.6. The van der Waals surface area contributed by atoms with E-state index < -0.39 is 0 Å².